The Morgan fingerprint density at radius 3 is 2.81 bits per heavy atom. The van der Waals surface area contributed by atoms with Gasteiger partial charge in [-0.2, -0.15) is 10.1 Å². The van der Waals surface area contributed by atoms with Crippen molar-refractivity contribution in [3.05, 3.63) is 59.5 Å². The predicted molar refractivity (Wildman–Crippen MR) is 134 cm³/mol. The standard InChI is InChI=1S/C24H25N9O3/c1-26-23(34)17-9-27-24-29-15-4-5-18(25)14(8-15)11-36-10-13-6-16(21-28-12-33(2)32-21)20(35-3)19(7-13)30-22(17)31-24/h4-9,12H,10-11,25H2,1-3H3,(H,26,34)(H2,27,29,30,31). The number of anilines is 5. The van der Waals surface area contributed by atoms with Crippen LogP contribution in [0.4, 0.5) is 28.8 Å². The first-order valence-corrected chi connectivity index (χ1v) is 11.1. The monoisotopic (exact) mass is 487 g/mol. The number of amides is 1. The van der Waals surface area contributed by atoms with Gasteiger partial charge in [0.2, 0.25) is 5.95 Å². The lowest BCUT2D eigenvalue weighted by atomic mass is 10.1. The molecule has 0 aliphatic carbocycles. The lowest BCUT2D eigenvalue weighted by Crippen LogP contribution is -2.20. The zero-order valence-electron chi connectivity index (χ0n) is 20.0. The molecule has 4 aromatic rings. The molecule has 0 atom stereocenters. The van der Waals surface area contributed by atoms with E-state index < -0.39 is 0 Å². The number of carbonyl (C=O) groups excluding carboxylic acids is 1. The molecule has 0 fully saturated rings. The van der Waals surface area contributed by atoms with E-state index in [1.54, 1.807) is 38.3 Å². The highest BCUT2D eigenvalue weighted by atomic mass is 16.5. The molecule has 1 amide bonds. The Hall–Kier alpha value is -4.71. The second-order valence-corrected chi connectivity index (χ2v) is 8.16. The zero-order chi connectivity index (χ0) is 25.2. The molecular weight excluding hydrogens is 462 g/mol. The van der Waals surface area contributed by atoms with E-state index >= 15 is 0 Å². The lowest BCUT2D eigenvalue weighted by molar-refractivity contribution is 0.0963. The number of ether oxygens (including phenoxy) is 2. The van der Waals surface area contributed by atoms with E-state index in [9.17, 15) is 4.79 Å². The Morgan fingerprint density at radius 1 is 1.19 bits per heavy atom. The van der Waals surface area contributed by atoms with E-state index in [2.05, 4.69) is 36.0 Å². The van der Waals surface area contributed by atoms with Crippen LogP contribution in [-0.2, 0) is 25.0 Å². The Labute approximate surface area is 206 Å². The molecule has 1 aliphatic heterocycles. The number of rotatable bonds is 3. The molecule has 2 aromatic carbocycles. The fraction of sp³-hybridized carbons (Fsp3) is 0.208. The van der Waals surface area contributed by atoms with Gasteiger partial charge in [0.05, 0.1) is 31.6 Å². The Morgan fingerprint density at radius 2 is 2.06 bits per heavy atom. The van der Waals surface area contributed by atoms with Gasteiger partial charge in [0.15, 0.2) is 11.6 Å². The summed E-state index contributed by atoms with van der Waals surface area (Å²) in [6.45, 7) is 0.585. The van der Waals surface area contributed by atoms with Gasteiger partial charge < -0.3 is 31.2 Å². The molecule has 2 aromatic heterocycles. The normalized spacial score (nSPS) is 12.6. The third-order valence-corrected chi connectivity index (χ3v) is 5.63. The van der Waals surface area contributed by atoms with Crippen molar-refractivity contribution in [2.45, 2.75) is 13.2 Å². The van der Waals surface area contributed by atoms with Crippen molar-refractivity contribution in [1.29, 1.82) is 0 Å². The van der Waals surface area contributed by atoms with Crippen LogP contribution < -0.4 is 26.4 Å². The molecule has 36 heavy (non-hydrogen) atoms. The maximum absolute atomic E-state index is 12.6. The number of benzene rings is 2. The van der Waals surface area contributed by atoms with Crippen molar-refractivity contribution in [2.75, 3.05) is 30.5 Å². The smallest absolute Gasteiger partial charge is 0.256 e. The molecule has 0 radical (unpaired) electrons. The van der Waals surface area contributed by atoms with E-state index in [0.717, 1.165) is 16.8 Å². The molecule has 0 saturated heterocycles. The van der Waals surface area contributed by atoms with E-state index in [-0.39, 0.29) is 23.9 Å². The van der Waals surface area contributed by atoms with Crippen LogP contribution in [0.2, 0.25) is 0 Å². The largest absolute Gasteiger partial charge is 0.494 e. The summed E-state index contributed by atoms with van der Waals surface area (Å²) in [4.78, 5) is 25.9. The first-order valence-electron chi connectivity index (χ1n) is 11.1. The van der Waals surface area contributed by atoms with Gasteiger partial charge in [-0.3, -0.25) is 9.48 Å². The fourth-order valence-corrected chi connectivity index (χ4v) is 3.90. The highest BCUT2D eigenvalue weighted by Gasteiger charge is 2.21. The van der Waals surface area contributed by atoms with Gasteiger partial charge in [-0.05, 0) is 35.9 Å². The summed E-state index contributed by atoms with van der Waals surface area (Å²) in [6.07, 6.45) is 3.07. The molecule has 0 unspecified atom stereocenters. The maximum Gasteiger partial charge on any atom is 0.256 e. The number of methoxy groups -OCH3 is 1. The number of aromatic nitrogens is 5. The molecule has 3 heterocycles. The first kappa shape index (κ1) is 23.1. The van der Waals surface area contributed by atoms with Gasteiger partial charge in [0.1, 0.15) is 17.7 Å². The van der Waals surface area contributed by atoms with E-state index in [0.29, 0.717) is 41.1 Å². The number of nitrogen functional groups attached to an aromatic ring is 1. The average Bonchev–Trinajstić information content (AvgIpc) is 3.31. The predicted octanol–water partition coefficient (Wildman–Crippen LogP) is 2.74. The molecular formula is C24H25N9O3. The van der Waals surface area contributed by atoms with Crippen molar-refractivity contribution in [3.8, 4) is 17.1 Å². The summed E-state index contributed by atoms with van der Waals surface area (Å²) < 4.78 is 13.4. The molecule has 6 bridgehead atoms. The number of nitrogens with one attached hydrogen (secondary N) is 3. The van der Waals surface area contributed by atoms with Gasteiger partial charge in [0.25, 0.3) is 5.91 Å². The molecule has 184 valence electrons. The molecule has 0 saturated carbocycles. The summed E-state index contributed by atoms with van der Waals surface area (Å²) in [5, 5.41) is 13.5. The number of nitrogens with two attached hydrogens (primary N) is 1. The SMILES string of the molecule is CNC(=O)c1cnc2nc1Nc1cc(cc(-c3ncn(C)n3)c1OC)COCc1cc(ccc1N)N2. The van der Waals surface area contributed by atoms with Crippen molar-refractivity contribution in [2.24, 2.45) is 7.05 Å². The first-order chi connectivity index (χ1) is 17.4. The summed E-state index contributed by atoms with van der Waals surface area (Å²) in [6, 6.07) is 9.29. The minimum Gasteiger partial charge on any atom is -0.494 e. The van der Waals surface area contributed by atoms with Gasteiger partial charge >= 0.3 is 0 Å². The number of hydrogen-bond donors (Lipinski definition) is 4. The summed E-state index contributed by atoms with van der Waals surface area (Å²) >= 11 is 0. The molecule has 12 nitrogen and oxygen atoms in total. The topological polar surface area (TPSA) is 154 Å². The Bertz CT molecular complexity index is 1450. The van der Waals surface area contributed by atoms with Crippen LogP contribution in [0.5, 0.6) is 5.75 Å². The number of aryl methyl sites for hydroxylation is 1. The van der Waals surface area contributed by atoms with Gasteiger partial charge in [-0.1, -0.05) is 0 Å². The van der Waals surface area contributed by atoms with E-state index in [1.807, 2.05) is 24.3 Å². The Kier molecular flexibility index (Phi) is 6.09. The quantitative estimate of drug-likeness (QED) is 0.317. The lowest BCUT2D eigenvalue weighted by Gasteiger charge is -2.19. The second-order valence-electron chi connectivity index (χ2n) is 8.16. The van der Waals surface area contributed by atoms with Crippen LogP contribution in [-0.4, -0.2) is 44.8 Å². The second kappa shape index (κ2) is 9.50. The van der Waals surface area contributed by atoms with Crippen LogP contribution in [0.3, 0.4) is 0 Å². The minimum atomic E-state index is -0.343. The highest BCUT2D eigenvalue weighted by molar-refractivity contribution is 5.99. The third kappa shape index (κ3) is 4.49. The van der Waals surface area contributed by atoms with Crippen molar-refractivity contribution >= 4 is 34.7 Å². The van der Waals surface area contributed by atoms with Crippen molar-refractivity contribution < 1.29 is 14.3 Å². The van der Waals surface area contributed by atoms with Crippen LogP contribution in [0, 0.1) is 0 Å². The summed E-state index contributed by atoms with van der Waals surface area (Å²) in [7, 11) is 4.89. The third-order valence-electron chi connectivity index (χ3n) is 5.63. The number of nitrogens with zero attached hydrogens (tertiary/aromatic N) is 5. The van der Waals surface area contributed by atoms with Crippen LogP contribution in [0.1, 0.15) is 21.5 Å². The molecule has 5 rings (SSSR count). The summed E-state index contributed by atoms with van der Waals surface area (Å²) in [5.74, 6) is 1.21. The van der Waals surface area contributed by atoms with Crippen molar-refractivity contribution in [1.82, 2.24) is 30.0 Å². The van der Waals surface area contributed by atoms with Crippen LogP contribution >= 0.6 is 0 Å². The van der Waals surface area contributed by atoms with Crippen LogP contribution in [0.15, 0.2) is 42.9 Å². The Balaban J connectivity index is 1.70. The van der Waals surface area contributed by atoms with Crippen LogP contribution in [0.25, 0.3) is 11.4 Å². The summed E-state index contributed by atoms with van der Waals surface area (Å²) in [5.41, 5.74) is 10.6. The number of fused-ring (bicyclic) bond motifs is 6. The zero-order valence-corrected chi connectivity index (χ0v) is 20.0. The molecule has 1 aliphatic rings. The van der Waals surface area contributed by atoms with E-state index in [4.69, 9.17) is 15.2 Å². The van der Waals surface area contributed by atoms with Crippen molar-refractivity contribution in [3.63, 3.8) is 0 Å². The van der Waals surface area contributed by atoms with Gasteiger partial charge in [-0.15, -0.1) is 0 Å². The average molecular weight is 488 g/mol. The molecule has 0 spiro atoms. The maximum atomic E-state index is 12.6. The minimum absolute atomic E-state index is 0.259. The van der Waals surface area contributed by atoms with Gasteiger partial charge in [-0.25, -0.2) is 9.97 Å². The molecule has 12 heteroatoms. The van der Waals surface area contributed by atoms with E-state index in [1.165, 1.54) is 6.20 Å². The number of carbonyl (C=O) groups is 1. The molecule has 5 N–H and O–H groups in total. The van der Waals surface area contributed by atoms with Gasteiger partial charge in [0, 0.05) is 37.2 Å². The fourth-order valence-electron chi connectivity index (χ4n) is 3.90. The highest BCUT2D eigenvalue weighted by Crippen LogP contribution is 2.39. The number of hydrogen-bond acceptors (Lipinski definition) is 10.